The fraction of sp³-hybridized carbons (Fsp3) is 0.500. The zero-order valence-corrected chi connectivity index (χ0v) is 11.5. The lowest BCUT2D eigenvalue weighted by atomic mass is 9.99. The number of carbonyl (C=O) groups excluding carboxylic acids is 1. The molecule has 0 radical (unpaired) electrons. The number of amides is 1. The Labute approximate surface area is 117 Å². The van der Waals surface area contributed by atoms with Crippen LogP contribution in [0.3, 0.4) is 0 Å². The fourth-order valence-electron chi connectivity index (χ4n) is 2.71. The van der Waals surface area contributed by atoms with Crippen molar-refractivity contribution in [1.82, 2.24) is 5.32 Å². The van der Waals surface area contributed by atoms with Gasteiger partial charge in [-0.1, -0.05) is 12.8 Å². The van der Waals surface area contributed by atoms with Gasteiger partial charge in [-0.15, -0.1) is 0 Å². The Balaban J connectivity index is 2.08. The molecule has 1 aliphatic carbocycles. The summed E-state index contributed by atoms with van der Waals surface area (Å²) in [4.78, 5) is 22.4. The number of rotatable bonds is 4. The number of nitro groups is 1. The van der Waals surface area contributed by atoms with Crippen LogP contribution in [-0.4, -0.2) is 16.9 Å². The molecule has 1 atom stereocenters. The second-order valence-corrected chi connectivity index (χ2v) is 5.34. The molecule has 0 bridgehead atoms. The number of nitrogens with two attached hydrogens (primary N) is 1. The Hall–Kier alpha value is -2.11. The van der Waals surface area contributed by atoms with E-state index in [-0.39, 0.29) is 28.9 Å². The van der Waals surface area contributed by atoms with Crippen LogP contribution in [0.5, 0.6) is 0 Å². The SMILES string of the molecule is CC(NC(=O)c1ccc(N)c([N+](=O)[O-])c1)C1CCCC1. The third kappa shape index (κ3) is 3.07. The summed E-state index contributed by atoms with van der Waals surface area (Å²) in [6.07, 6.45) is 4.67. The van der Waals surface area contributed by atoms with E-state index in [2.05, 4.69) is 5.32 Å². The minimum Gasteiger partial charge on any atom is -0.393 e. The van der Waals surface area contributed by atoms with Gasteiger partial charge in [-0.2, -0.15) is 0 Å². The van der Waals surface area contributed by atoms with E-state index >= 15 is 0 Å². The lowest BCUT2D eigenvalue weighted by molar-refractivity contribution is -0.383. The Morgan fingerprint density at radius 2 is 2.10 bits per heavy atom. The molecule has 3 N–H and O–H groups in total. The molecule has 1 fully saturated rings. The molecule has 0 heterocycles. The zero-order chi connectivity index (χ0) is 14.7. The van der Waals surface area contributed by atoms with Crippen LogP contribution >= 0.6 is 0 Å². The van der Waals surface area contributed by atoms with Crippen LogP contribution in [-0.2, 0) is 0 Å². The van der Waals surface area contributed by atoms with E-state index in [1.54, 1.807) is 0 Å². The van der Waals surface area contributed by atoms with Crippen molar-refractivity contribution < 1.29 is 9.72 Å². The summed E-state index contributed by atoms with van der Waals surface area (Å²) in [6, 6.07) is 4.22. The molecule has 1 aliphatic rings. The first kappa shape index (κ1) is 14.3. The maximum Gasteiger partial charge on any atom is 0.292 e. The van der Waals surface area contributed by atoms with Crippen molar-refractivity contribution >= 4 is 17.3 Å². The normalized spacial score (nSPS) is 16.9. The zero-order valence-electron chi connectivity index (χ0n) is 11.5. The first-order valence-corrected chi connectivity index (χ1v) is 6.84. The third-order valence-electron chi connectivity index (χ3n) is 3.96. The second-order valence-electron chi connectivity index (χ2n) is 5.34. The van der Waals surface area contributed by atoms with Crippen molar-refractivity contribution in [3.63, 3.8) is 0 Å². The molecule has 20 heavy (non-hydrogen) atoms. The smallest absolute Gasteiger partial charge is 0.292 e. The maximum atomic E-state index is 12.1. The molecule has 1 saturated carbocycles. The number of hydrogen-bond acceptors (Lipinski definition) is 4. The highest BCUT2D eigenvalue weighted by Crippen LogP contribution is 2.28. The number of nitrogens with one attached hydrogen (secondary N) is 1. The van der Waals surface area contributed by atoms with E-state index in [9.17, 15) is 14.9 Å². The summed E-state index contributed by atoms with van der Waals surface area (Å²) in [5.41, 5.74) is 5.63. The van der Waals surface area contributed by atoms with Crippen molar-refractivity contribution in [3.05, 3.63) is 33.9 Å². The summed E-state index contributed by atoms with van der Waals surface area (Å²) >= 11 is 0. The monoisotopic (exact) mass is 277 g/mol. The molecule has 0 saturated heterocycles. The summed E-state index contributed by atoms with van der Waals surface area (Å²) in [6.45, 7) is 1.99. The Morgan fingerprint density at radius 1 is 1.45 bits per heavy atom. The maximum absolute atomic E-state index is 12.1. The minimum absolute atomic E-state index is 0.0652. The van der Waals surface area contributed by atoms with E-state index in [0.29, 0.717) is 5.92 Å². The average Bonchev–Trinajstić information content (AvgIpc) is 2.92. The summed E-state index contributed by atoms with van der Waals surface area (Å²) < 4.78 is 0. The number of hydrogen-bond donors (Lipinski definition) is 2. The van der Waals surface area contributed by atoms with E-state index < -0.39 is 4.92 Å². The van der Waals surface area contributed by atoms with Crippen molar-refractivity contribution in [2.75, 3.05) is 5.73 Å². The Morgan fingerprint density at radius 3 is 2.70 bits per heavy atom. The number of benzene rings is 1. The summed E-state index contributed by atoms with van der Waals surface area (Å²) in [5.74, 6) is 0.218. The van der Waals surface area contributed by atoms with Gasteiger partial charge in [0.1, 0.15) is 5.69 Å². The molecule has 6 heteroatoms. The predicted molar refractivity (Wildman–Crippen MR) is 76.4 cm³/mol. The second kappa shape index (κ2) is 5.90. The van der Waals surface area contributed by atoms with Crippen molar-refractivity contribution in [1.29, 1.82) is 0 Å². The topological polar surface area (TPSA) is 98.3 Å². The molecule has 108 valence electrons. The summed E-state index contributed by atoms with van der Waals surface area (Å²) in [5, 5.41) is 13.7. The van der Waals surface area contributed by atoms with Gasteiger partial charge in [0.2, 0.25) is 0 Å². The molecular weight excluding hydrogens is 258 g/mol. The Bertz CT molecular complexity index is 524. The van der Waals surface area contributed by atoms with Crippen LogP contribution in [0.15, 0.2) is 18.2 Å². The molecule has 1 amide bonds. The van der Waals surface area contributed by atoms with Gasteiger partial charge in [-0.3, -0.25) is 14.9 Å². The molecule has 2 rings (SSSR count). The van der Waals surface area contributed by atoms with Crippen molar-refractivity contribution in [2.45, 2.75) is 38.6 Å². The van der Waals surface area contributed by atoms with Gasteiger partial charge in [0.25, 0.3) is 11.6 Å². The lowest BCUT2D eigenvalue weighted by Crippen LogP contribution is -2.37. The molecule has 0 aliphatic heterocycles. The highest BCUT2D eigenvalue weighted by Gasteiger charge is 2.24. The molecule has 1 aromatic carbocycles. The molecule has 1 aromatic rings. The quantitative estimate of drug-likeness (QED) is 0.501. The van der Waals surface area contributed by atoms with E-state index in [0.717, 1.165) is 12.8 Å². The van der Waals surface area contributed by atoms with Gasteiger partial charge < -0.3 is 11.1 Å². The van der Waals surface area contributed by atoms with Crippen LogP contribution in [0, 0.1) is 16.0 Å². The van der Waals surface area contributed by atoms with Crippen LogP contribution in [0.25, 0.3) is 0 Å². The molecule has 6 nitrogen and oxygen atoms in total. The number of nitrogen functional groups attached to an aromatic ring is 1. The third-order valence-corrected chi connectivity index (χ3v) is 3.96. The fourth-order valence-corrected chi connectivity index (χ4v) is 2.71. The van der Waals surface area contributed by atoms with Gasteiger partial charge in [-0.25, -0.2) is 0 Å². The van der Waals surface area contributed by atoms with E-state index in [1.165, 1.54) is 31.0 Å². The first-order valence-electron chi connectivity index (χ1n) is 6.84. The van der Waals surface area contributed by atoms with E-state index in [4.69, 9.17) is 5.73 Å². The van der Waals surface area contributed by atoms with Crippen LogP contribution in [0.2, 0.25) is 0 Å². The number of anilines is 1. The largest absolute Gasteiger partial charge is 0.393 e. The number of nitro benzene ring substituents is 1. The summed E-state index contributed by atoms with van der Waals surface area (Å²) in [7, 11) is 0. The number of nitrogens with zero attached hydrogens (tertiary/aromatic N) is 1. The van der Waals surface area contributed by atoms with Gasteiger partial charge in [-0.05, 0) is 37.8 Å². The first-order chi connectivity index (χ1) is 9.49. The van der Waals surface area contributed by atoms with Crippen LogP contribution in [0.4, 0.5) is 11.4 Å². The molecule has 0 aromatic heterocycles. The van der Waals surface area contributed by atoms with Gasteiger partial charge >= 0.3 is 0 Å². The van der Waals surface area contributed by atoms with Crippen LogP contribution in [0.1, 0.15) is 43.0 Å². The van der Waals surface area contributed by atoms with Crippen molar-refractivity contribution in [2.24, 2.45) is 5.92 Å². The predicted octanol–water partition coefficient (Wildman–Crippen LogP) is 2.49. The van der Waals surface area contributed by atoms with E-state index in [1.807, 2.05) is 6.92 Å². The minimum atomic E-state index is -0.577. The average molecular weight is 277 g/mol. The van der Waals surface area contributed by atoms with Gasteiger partial charge in [0.15, 0.2) is 0 Å². The number of carbonyl (C=O) groups is 1. The van der Waals surface area contributed by atoms with Crippen LogP contribution < -0.4 is 11.1 Å². The molecular formula is C14H19N3O3. The van der Waals surface area contributed by atoms with Gasteiger partial charge in [0, 0.05) is 17.7 Å². The highest BCUT2D eigenvalue weighted by atomic mass is 16.6. The standard InChI is InChI=1S/C14H19N3O3/c1-9(10-4-2-3-5-10)16-14(18)11-6-7-12(15)13(8-11)17(19)20/h6-10H,2-5,15H2,1H3,(H,16,18). The van der Waals surface area contributed by atoms with Gasteiger partial charge in [0.05, 0.1) is 4.92 Å². The lowest BCUT2D eigenvalue weighted by Gasteiger charge is -2.20. The molecule has 0 spiro atoms. The Kier molecular flexibility index (Phi) is 4.22. The van der Waals surface area contributed by atoms with Crippen molar-refractivity contribution in [3.8, 4) is 0 Å². The molecule has 1 unspecified atom stereocenters. The highest BCUT2D eigenvalue weighted by molar-refractivity contribution is 5.95.